The van der Waals surface area contributed by atoms with Crippen molar-refractivity contribution >= 4 is 11.8 Å². The predicted octanol–water partition coefficient (Wildman–Crippen LogP) is 2.08. The lowest BCUT2D eigenvalue weighted by Crippen LogP contribution is -2.37. The molecule has 0 aliphatic heterocycles. The molecule has 1 aromatic heterocycles. The maximum Gasteiger partial charge on any atom is 0.269 e. The molecule has 1 heterocycles. The number of ether oxygens (including phenoxy) is 1. The summed E-state index contributed by atoms with van der Waals surface area (Å²) in [6, 6.07) is 8.00. The zero-order chi connectivity index (χ0) is 21.5. The standard InChI is InChI=1S/C22H26FN3O4/c1-14-2-6-18(10-19(14)23)30-13-21(28)26-12-17(27)8-9-24-22(29)20-7-5-16(11-25-20)15-3-4-15/h2,5-7,10-11,15,17,27H,3-4,8-9,12-13H2,1H3,(H,24,29)(H,26,28). The van der Waals surface area contributed by atoms with Gasteiger partial charge in [0.25, 0.3) is 11.8 Å². The second-order valence-corrected chi connectivity index (χ2v) is 7.45. The van der Waals surface area contributed by atoms with Gasteiger partial charge in [0.15, 0.2) is 6.61 Å². The number of hydrogen-bond donors (Lipinski definition) is 3. The highest BCUT2D eigenvalue weighted by atomic mass is 19.1. The fourth-order valence-electron chi connectivity index (χ4n) is 2.84. The number of amides is 2. The molecule has 1 atom stereocenters. The van der Waals surface area contributed by atoms with Crippen LogP contribution in [0.3, 0.4) is 0 Å². The van der Waals surface area contributed by atoms with Crippen LogP contribution in [0.2, 0.25) is 0 Å². The Kier molecular flexibility index (Phi) is 7.35. The first-order chi connectivity index (χ1) is 14.4. The molecule has 1 saturated carbocycles. The van der Waals surface area contributed by atoms with E-state index in [1.807, 2.05) is 6.07 Å². The molecule has 0 bridgehead atoms. The average molecular weight is 415 g/mol. The SMILES string of the molecule is Cc1ccc(OCC(=O)NCC(O)CCNC(=O)c2ccc(C3CC3)cn2)cc1F. The minimum absolute atomic E-state index is 0.0225. The summed E-state index contributed by atoms with van der Waals surface area (Å²) in [6.07, 6.45) is 3.55. The largest absolute Gasteiger partial charge is 0.484 e. The number of hydrogen-bond acceptors (Lipinski definition) is 5. The van der Waals surface area contributed by atoms with Crippen LogP contribution >= 0.6 is 0 Å². The van der Waals surface area contributed by atoms with Crippen molar-refractivity contribution in [2.45, 2.75) is 38.2 Å². The van der Waals surface area contributed by atoms with Gasteiger partial charge < -0.3 is 20.5 Å². The summed E-state index contributed by atoms with van der Waals surface area (Å²) in [7, 11) is 0. The van der Waals surface area contributed by atoms with Gasteiger partial charge in [0, 0.05) is 25.4 Å². The number of nitrogens with zero attached hydrogens (tertiary/aromatic N) is 1. The Hall–Kier alpha value is -3.00. The van der Waals surface area contributed by atoms with Crippen molar-refractivity contribution in [1.29, 1.82) is 0 Å². The molecule has 1 aliphatic carbocycles. The van der Waals surface area contributed by atoms with Gasteiger partial charge in [-0.05, 0) is 55.4 Å². The summed E-state index contributed by atoms with van der Waals surface area (Å²) in [6.45, 7) is 1.63. The normalized spacial score (nSPS) is 14.1. The number of benzene rings is 1. The molecular formula is C22H26FN3O4. The number of rotatable bonds is 10. The number of pyridine rings is 1. The van der Waals surface area contributed by atoms with E-state index in [1.54, 1.807) is 31.3 Å². The van der Waals surface area contributed by atoms with Crippen LogP contribution in [-0.4, -0.2) is 47.7 Å². The Labute approximate surface area is 174 Å². The number of aryl methyl sites for hydroxylation is 1. The number of aromatic nitrogens is 1. The maximum absolute atomic E-state index is 13.4. The summed E-state index contributed by atoms with van der Waals surface area (Å²) in [5.41, 5.74) is 1.99. The van der Waals surface area contributed by atoms with E-state index < -0.39 is 17.8 Å². The van der Waals surface area contributed by atoms with E-state index >= 15 is 0 Å². The van der Waals surface area contributed by atoms with Crippen molar-refractivity contribution in [3.8, 4) is 5.75 Å². The second-order valence-electron chi connectivity index (χ2n) is 7.45. The molecule has 3 rings (SSSR count). The molecule has 0 saturated heterocycles. The van der Waals surface area contributed by atoms with E-state index in [0.717, 1.165) is 5.56 Å². The lowest BCUT2D eigenvalue weighted by atomic mass is 10.2. The highest BCUT2D eigenvalue weighted by Crippen LogP contribution is 2.39. The van der Waals surface area contributed by atoms with Crippen molar-refractivity contribution in [3.05, 3.63) is 59.2 Å². The molecule has 3 N–H and O–H groups in total. The van der Waals surface area contributed by atoms with E-state index in [2.05, 4.69) is 15.6 Å². The maximum atomic E-state index is 13.4. The molecule has 2 amide bonds. The molecule has 7 nitrogen and oxygen atoms in total. The van der Waals surface area contributed by atoms with Crippen molar-refractivity contribution in [3.63, 3.8) is 0 Å². The van der Waals surface area contributed by atoms with E-state index in [-0.39, 0.29) is 37.8 Å². The summed E-state index contributed by atoms with van der Waals surface area (Å²) in [5.74, 6) is -0.288. The fourth-order valence-corrected chi connectivity index (χ4v) is 2.84. The molecule has 1 aromatic carbocycles. The quantitative estimate of drug-likeness (QED) is 0.552. The van der Waals surface area contributed by atoms with Gasteiger partial charge in [-0.2, -0.15) is 0 Å². The highest BCUT2D eigenvalue weighted by molar-refractivity contribution is 5.92. The summed E-state index contributed by atoms with van der Waals surface area (Å²) >= 11 is 0. The zero-order valence-corrected chi connectivity index (χ0v) is 16.9. The topological polar surface area (TPSA) is 101 Å². The van der Waals surface area contributed by atoms with Crippen LogP contribution in [0, 0.1) is 12.7 Å². The zero-order valence-electron chi connectivity index (χ0n) is 16.9. The van der Waals surface area contributed by atoms with Gasteiger partial charge in [0.1, 0.15) is 17.3 Å². The highest BCUT2D eigenvalue weighted by Gasteiger charge is 2.23. The monoisotopic (exact) mass is 415 g/mol. The van der Waals surface area contributed by atoms with E-state index in [1.165, 1.54) is 18.9 Å². The van der Waals surface area contributed by atoms with Gasteiger partial charge in [0.2, 0.25) is 0 Å². The molecule has 160 valence electrons. The Balaban J connectivity index is 1.30. The Morgan fingerprint density at radius 2 is 2.07 bits per heavy atom. The van der Waals surface area contributed by atoms with Crippen LogP contribution in [0.15, 0.2) is 36.5 Å². The molecule has 0 spiro atoms. The van der Waals surface area contributed by atoms with E-state index in [4.69, 9.17) is 4.74 Å². The van der Waals surface area contributed by atoms with Gasteiger partial charge in [-0.1, -0.05) is 12.1 Å². The van der Waals surface area contributed by atoms with Crippen molar-refractivity contribution in [2.24, 2.45) is 0 Å². The first kappa shape index (κ1) is 21.7. The van der Waals surface area contributed by atoms with Crippen molar-refractivity contribution in [2.75, 3.05) is 19.7 Å². The first-order valence-corrected chi connectivity index (χ1v) is 10.00. The number of carbonyl (C=O) groups excluding carboxylic acids is 2. The summed E-state index contributed by atoms with van der Waals surface area (Å²) < 4.78 is 18.7. The van der Waals surface area contributed by atoms with Gasteiger partial charge in [0.05, 0.1) is 6.10 Å². The lowest BCUT2D eigenvalue weighted by molar-refractivity contribution is -0.123. The number of nitrogens with one attached hydrogen (secondary N) is 2. The van der Waals surface area contributed by atoms with Crippen LogP contribution in [0.25, 0.3) is 0 Å². The minimum atomic E-state index is -0.823. The number of carbonyl (C=O) groups is 2. The minimum Gasteiger partial charge on any atom is -0.484 e. The number of halogens is 1. The lowest BCUT2D eigenvalue weighted by Gasteiger charge is -2.13. The molecule has 1 unspecified atom stereocenters. The summed E-state index contributed by atoms with van der Waals surface area (Å²) in [5, 5.41) is 15.2. The number of aliphatic hydroxyl groups is 1. The molecule has 2 aromatic rings. The Morgan fingerprint density at radius 3 is 2.73 bits per heavy atom. The predicted molar refractivity (Wildman–Crippen MR) is 109 cm³/mol. The Bertz CT molecular complexity index is 884. The van der Waals surface area contributed by atoms with Crippen molar-refractivity contribution < 1.29 is 23.8 Å². The number of aliphatic hydroxyl groups excluding tert-OH is 1. The van der Waals surface area contributed by atoms with Crippen LogP contribution < -0.4 is 15.4 Å². The fraction of sp³-hybridized carbons (Fsp3) is 0.409. The van der Waals surface area contributed by atoms with E-state index in [0.29, 0.717) is 17.2 Å². The average Bonchev–Trinajstić information content (AvgIpc) is 3.58. The third-order valence-electron chi connectivity index (χ3n) is 4.88. The molecule has 1 aliphatic rings. The third-order valence-corrected chi connectivity index (χ3v) is 4.88. The van der Waals surface area contributed by atoms with Crippen LogP contribution in [-0.2, 0) is 4.79 Å². The van der Waals surface area contributed by atoms with Gasteiger partial charge >= 0.3 is 0 Å². The first-order valence-electron chi connectivity index (χ1n) is 10.00. The van der Waals surface area contributed by atoms with Crippen LogP contribution in [0.5, 0.6) is 5.75 Å². The van der Waals surface area contributed by atoms with Crippen LogP contribution in [0.1, 0.15) is 46.8 Å². The third kappa shape index (κ3) is 6.52. The molecule has 8 heteroatoms. The molecule has 0 radical (unpaired) electrons. The molecular weight excluding hydrogens is 389 g/mol. The smallest absolute Gasteiger partial charge is 0.269 e. The van der Waals surface area contributed by atoms with E-state index in [9.17, 15) is 19.1 Å². The molecule has 1 fully saturated rings. The summed E-state index contributed by atoms with van der Waals surface area (Å²) in [4.78, 5) is 28.1. The van der Waals surface area contributed by atoms with Gasteiger partial charge in [-0.3, -0.25) is 14.6 Å². The molecule has 30 heavy (non-hydrogen) atoms. The second kappa shape index (κ2) is 10.2. The van der Waals surface area contributed by atoms with Crippen molar-refractivity contribution in [1.82, 2.24) is 15.6 Å². The van der Waals surface area contributed by atoms with Gasteiger partial charge in [-0.15, -0.1) is 0 Å². The Morgan fingerprint density at radius 1 is 1.27 bits per heavy atom. The van der Waals surface area contributed by atoms with Gasteiger partial charge in [-0.25, -0.2) is 4.39 Å². The van der Waals surface area contributed by atoms with Crippen LogP contribution in [0.4, 0.5) is 4.39 Å².